The van der Waals surface area contributed by atoms with Crippen LogP contribution in [0.4, 0.5) is 11.4 Å². The number of hydrogen-bond acceptors (Lipinski definition) is 12. The zero-order valence-corrected chi connectivity index (χ0v) is 32.5. The number of esters is 1. The average Bonchev–Trinajstić information content (AvgIpc) is 3.43. The van der Waals surface area contributed by atoms with Crippen molar-refractivity contribution in [2.45, 2.75) is 26.2 Å². The van der Waals surface area contributed by atoms with Gasteiger partial charge in [0.15, 0.2) is 11.5 Å². The standard InChI is InChI=1S/C40H42Cl2N6O7/c1-4-54-40(51)25-8-9-27-28(18-25)39(50)48(38(27)49)12-6-5-10-46-13-15-47(16-14-46)11-7-17-55-36-21-32-29(19-35(36)53-3)37(26(23-43)24-44-32)45-33-22-34(52-2)31(42)20-30(33)41/h8-9,18-22,24H,4-7,10-17H2,1-3H3,(H,44,45). The third kappa shape index (κ3) is 8.89. The lowest BCUT2D eigenvalue weighted by molar-refractivity contribution is 0.0525. The van der Waals surface area contributed by atoms with Gasteiger partial charge in [-0.05, 0) is 63.1 Å². The van der Waals surface area contributed by atoms with Crippen molar-refractivity contribution in [1.82, 2.24) is 19.7 Å². The molecule has 2 aliphatic heterocycles. The first-order valence-electron chi connectivity index (χ1n) is 18.1. The number of nitriles is 1. The Kier molecular flexibility index (Phi) is 12.9. The van der Waals surface area contributed by atoms with Crippen LogP contribution in [0.15, 0.2) is 48.7 Å². The van der Waals surface area contributed by atoms with E-state index in [1.54, 1.807) is 38.3 Å². The normalized spacial score (nSPS) is 14.5. The van der Waals surface area contributed by atoms with Gasteiger partial charge >= 0.3 is 5.97 Å². The molecule has 3 aromatic carbocycles. The second-order valence-corrected chi connectivity index (χ2v) is 13.9. The van der Waals surface area contributed by atoms with Crippen LogP contribution in [0.2, 0.25) is 10.0 Å². The Morgan fingerprint density at radius 3 is 2.24 bits per heavy atom. The van der Waals surface area contributed by atoms with E-state index in [-0.39, 0.29) is 29.5 Å². The number of imide groups is 1. The summed E-state index contributed by atoms with van der Waals surface area (Å²) in [7, 11) is 3.08. The van der Waals surface area contributed by atoms with Gasteiger partial charge in [-0.3, -0.25) is 19.5 Å². The molecule has 55 heavy (non-hydrogen) atoms. The van der Waals surface area contributed by atoms with Crippen LogP contribution in [-0.2, 0) is 4.74 Å². The minimum absolute atomic E-state index is 0.232. The maximum atomic E-state index is 13.0. The predicted octanol–water partition coefficient (Wildman–Crippen LogP) is 6.81. The first kappa shape index (κ1) is 39.6. The van der Waals surface area contributed by atoms with Crippen molar-refractivity contribution < 1.29 is 33.3 Å². The number of piperazine rings is 1. The third-order valence-corrected chi connectivity index (χ3v) is 10.3. The first-order valence-corrected chi connectivity index (χ1v) is 18.9. The van der Waals surface area contributed by atoms with Gasteiger partial charge in [0.25, 0.3) is 11.8 Å². The molecule has 1 aromatic heterocycles. The molecule has 0 spiro atoms. The summed E-state index contributed by atoms with van der Waals surface area (Å²) >= 11 is 12.7. The second kappa shape index (κ2) is 18.0. The van der Waals surface area contributed by atoms with E-state index in [1.165, 1.54) is 36.4 Å². The SMILES string of the molecule is CCOC(=O)c1ccc2c(c1)C(=O)N(CCCCN1CCN(CCCOc3cc4ncc(C#N)c(Nc5cc(OC)c(Cl)cc5Cl)c4cc3OC)CC1)C2=O. The molecule has 15 heteroatoms. The van der Waals surface area contributed by atoms with Crippen LogP contribution in [0.5, 0.6) is 17.2 Å². The Balaban J connectivity index is 0.951. The molecule has 0 aliphatic carbocycles. The van der Waals surface area contributed by atoms with Crippen molar-refractivity contribution in [1.29, 1.82) is 5.26 Å². The van der Waals surface area contributed by atoms with Gasteiger partial charge in [-0.15, -0.1) is 0 Å². The molecule has 1 saturated heterocycles. The van der Waals surface area contributed by atoms with Crippen LogP contribution in [0.3, 0.4) is 0 Å². The monoisotopic (exact) mass is 788 g/mol. The van der Waals surface area contributed by atoms with E-state index in [0.29, 0.717) is 80.3 Å². The number of anilines is 2. The molecule has 0 bridgehead atoms. The fourth-order valence-corrected chi connectivity index (χ4v) is 7.26. The summed E-state index contributed by atoms with van der Waals surface area (Å²) in [5, 5.41) is 14.5. The Bertz CT molecular complexity index is 2130. The number of rotatable bonds is 16. The Morgan fingerprint density at radius 1 is 0.855 bits per heavy atom. The molecule has 13 nitrogen and oxygen atoms in total. The molecular weight excluding hydrogens is 747 g/mol. The lowest BCUT2D eigenvalue weighted by atomic mass is 10.1. The van der Waals surface area contributed by atoms with E-state index in [1.807, 2.05) is 0 Å². The van der Waals surface area contributed by atoms with Gasteiger partial charge in [0, 0.05) is 63.0 Å². The summed E-state index contributed by atoms with van der Waals surface area (Å²) in [5.74, 6) is 0.303. The molecule has 3 heterocycles. The summed E-state index contributed by atoms with van der Waals surface area (Å²) < 4.78 is 22.2. The maximum absolute atomic E-state index is 13.0. The third-order valence-electron chi connectivity index (χ3n) is 9.70. The highest BCUT2D eigenvalue weighted by Crippen LogP contribution is 2.40. The lowest BCUT2D eigenvalue weighted by Gasteiger charge is -2.34. The van der Waals surface area contributed by atoms with Crippen molar-refractivity contribution >= 4 is 63.3 Å². The van der Waals surface area contributed by atoms with Gasteiger partial charge < -0.3 is 34.1 Å². The number of carbonyl (C=O) groups excluding carboxylic acids is 3. The second-order valence-electron chi connectivity index (χ2n) is 13.1. The summed E-state index contributed by atoms with van der Waals surface area (Å²) in [6, 6.07) is 13.6. The topological polar surface area (TPSA) is 147 Å². The van der Waals surface area contributed by atoms with E-state index >= 15 is 0 Å². The highest BCUT2D eigenvalue weighted by Gasteiger charge is 2.35. The maximum Gasteiger partial charge on any atom is 0.338 e. The van der Waals surface area contributed by atoms with Crippen molar-refractivity contribution in [3.63, 3.8) is 0 Å². The van der Waals surface area contributed by atoms with Gasteiger partial charge in [-0.2, -0.15) is 5.26 Å². The van der Waals surface area contributed by atoms with Gasteiger partial charge in [0.05, 0.1) is 76.6 Å². The van der Waals surface area contributed by atoms with Gasteiger partial charge in [0.1, 0.15) is 11.8 Å². The van der Waals surface area contributed by atoms with Crippen LogP contribution in [0.25, 0.3) is 10.9 Å². The molecule has 0 unspecified atom stereocenters. The molecule has 0 atom stereocenters. The smallest absolute Gasteiger partial charge is 0.338 e. The van der Waals surface area contributed by atoms with E-state index in [2.05, 4.69) is 26.2 Å². The van der Waals surface area contributed by atoms with Crippen molar-refractivity contribution in [3.8, 4) is 23.3 Å². The predicted molar refractivity (Wildman–Crippen MR) is 209 cm³/mol. The van der Waals surface area contributed by atoms with Crippen molar-refractivity contribution in [2.24, 2.45) is 0 Å². The number of fused-ring (bicyclic) bond motifs is 2. The number of amides is 2. The molecule has 2 amide bonds. The van der Waals surface area contributed by atoms with Gasteiger partial charge in [-0.25, -0.2) is 4.79 Å². The van der Waals surface area contributed by atoms with E-state index < -0.39 is 5.97 Å². The molecular formula is C40H42Cl2N6O7. The van der Waals surface area contributed by atoms with Crippen LogP contribution in [-0.4, -0.2) is 111 Å². The number of nitrogens with zero attached hydrogens (tertiary/aromatic N) is 5. The van der Waals surface area contributed by atoms with Gasteiger partial charge in [0.2, 0.25) is 0 Å². The molecule has 2 aliphatic rings. The lowest BCUT2D eigenvalue weighted by Crippen LogP contribution is -2.47. The number of carbonyl (C=O) groups is 3. The van der Waals surface area contributed by atoms with Crippen LogP contribution in [0.1, 0.15) is 62.8 Å². The number of nitrogens with one attached hydrogen (secondary N) is 1. The van der Waals surface area contributed by atoms with Gasteiger partial charge in [-0.1, -0.05) is 23.2 Å². The number of halogens is 2. The van der Waals surface area contributed by atoms with Crippen molar-refractivity contribution in [2.75, 3.05) is 78.6 Å². The summed E-state index contributed by atoms with van der Waals surface area (Å²) in [4.78, 5) is 48.6. The number of pyridine rings is 1. The minimum atomic E-state index is -0.512. The number of ether oxygens (including phenoxy) is 4. The fraction of sp³-hybridized carbons (Fsp3) is 0.375. The van der Waals surface area contributed by atoms with Crippen LogP contribution < -0.4 is 19.5 Å². The molecule has 4 aromatic rings. The van der Waals surface area contributed by atoms with E-state index in [9.17, 15) is 19.6 Å². The summed E-state index contributed by atoms with van der Waals surface area (Å²) in [6.07, 6.45) is 3.87. The highest BCUT2D eigenvalue weighted by atomic mass is 35.5. The minimum Gasteiger partial charge on any atom is -0.495 e. The summed E-state index contributed by atoms with van der Waals surface area (Å²) in [6.45, 7) is 8.27. The molecule has 288 valence electrons. The molecule has 0 radical (unpaired) electrons. The number of benzene rings is 3. The average molecular weight is 790 g/mol. The van der Waals surface area contributed by atoms with Crippen LogP contribution >= 0.6 is 23.2 Å². The summed E-state index contributed by atoms with van der Waals surface area (Å²) in [5.41, 5.74) is 2.81. The quantitative estimate of drug-likeness (QED) is 0.0723. The molecule has 1 fully saturated rings. The van der Waals surface area contributed by atoms with E-state index in [4.69, 9.17) is 42.1 Å². The number of hydrogen-bond donors (Lipinski definition) is 1. The Morgan fingerprint density at radius 2 is 1.55 bits per heavy atom. The Hall–Kier alpha value is -5.13. The van der Waals surface area contributed by atoms with Crippen molar-refractivity contribution in [3.05, 3.63) is 81.0 Å². The van der Waals surface area contributed by atoms with Crippen LogP contribution in [0, 0.1) is 11.3 Å². The highest BCUT2D eigenvalue weighted by molar-refractivity contribution is 6.37. The largest absolute Gasteiger partial charge is 0.495 e. The molecule has 0 saturated carbocycles. The Labute approximate surface area is 329 Å². The van der Waals surface area contributed by atoms with E-state index in [0.717, 1.165) is 52.1 Å². The number of methoxy groups -OCH3 is 2. The number of aromatic nitrogens is 1. The molecule has 1 N–H and O–H groups in total. The fourth-order valence-electron chi connectivity index (χ4n) is 6.76. The zero-order chi connectivity index (χ0) is 39.1. The first-order chi connectivity index (χ1) is 26.6. The molecule has 6 rings (SSSR count). The number of unbranched alkanes of at least 4 members (excludes halogenated alkanes) is 1. The zero-order valence-electron chi connectivity index (χ0n) is 31.0.